The number of nitro groups is 1. The zero-order valence-electron chi connectivity index (χ0n) is 7.31. The van der Waals surface area contributed by atoms with Crippen molar-refractivity contribution in [3.63, 3.8) is 0 Å². The third kappa shape index (κ3) is 2.43. The van der Waals surface area contributed by atoms with Crippen molar-refractivity contribution in [3.05, 3.63) is 38.9 Å². The van der Waals surface area contributed by atoms with Crippen LogP contribution in [0.5, 0.6) is 0 Å². The van der Waals surface area contributed by atoms with E-state index in [2.05, 4.69) is 9.99 Å². The molecule has 0 heterocycles. The molecule has 0 aromatic heterocycles. The van der Waals surface area contributed by atoms with Crippen LogP contribution in [0.1, 0.15) is 5.56 Å². The maximum atomic E-state index is 10.6. The lowest BCUT2D eigenvalue weighted by molar-refractivity contribution is -0.385. The molecule has 1 aromatic rings. The second-order valence-electron chi connectivity index (χ2n) is 2.38. The van der Waals surface area contributed by atoms with Crippen molar-refractivity contribution >= 4 is 23.5 Å². The molecule has 5 nitrogen and oxygen atoms in total. The maximum Gasteiger partial charge on any atom is 0.278 e. The zero-order valence-corrected chi connectivity index (χ0v) is 8.06. The van der Waals surface area contributed by atoms with Crippen LogP contribution < -0.4 is 0 Å². The first kappa shape index (κ1) is 10.5. The van der Waals surface area contributed by atoms with Crippen LogP contribution in [0.2, 0.25) is 5.02 Å². The molecule has 0 amide bonds. The quantitative estimate of drug-likeness (QED) is 0.440. The van der Waals surface area contributed by atoms with Crippen LogP contribution in [-0.2, 0) is 4.84 Å². The molecule has 1 aromatic carbocycles. The largest absolute Gasteiger partial charge is 0.399 e. The van der Waals surface area contributed by atoms with Crippen LogP contribution in [0.4, 0.5) is 5.69 Å². The average molecular weight is 215 g/mol. The summed E-state index contributed by atoms with van der Waals surface area (Å²) in [6, 6.07) is 4.21. The summed E-state index contributed by atoms with van der Waals surface area (Å²) < 4.78 is 0. The number of oxime groups is 1. The van der Waals surface area contributed by atoms with E-state index < -0.39 is 4.92 Å². The van der Waals surface area contributed by atoms with Crippen LogP contribution in [0, 0.1) is 10.1 Å². The Morgan fingerprint density at radius 2 is 2.36 bits per heavy atom. The number of hydrogen-bond acceptors (Lipinski definition) is 4. The summed E-state index contributed by atoms with van der Waals surface area (Å²) in [4.78, 5) is 14.5. The molecule has 74 valence electrons. The van der Waals surface area contributed by atoms with Crippen molar-refractivity contribution in [2.24, 2.45) is 5.16 Å². The standard InChI is InChI=1S/C8H7ClN2O3/c1-14-10-5-6-4-7(9)2-3-8(6)11(12)13/h2-5H,1H3/b10-5+. The lowest BCUT2D eigenvalue weighted by atomic mass is 10.2. The van der Waals surface area contributed by atoms with Crippen molar-refractivity contribution in [3.8, 4) is 0 Å². The van der Waals surface area contributed by atoms with Gasteiger partial charge in [0, 0.05) is 11.1 Å². The molecule has 0 saturated heterocycles. The van der Waals surface area contributed by atoms with Gasteiger partial charge in [0.2, 0.25) is 0 Å². The fraction of sp³-hybridized carbons (Fsp3) is 0.125. The summed E-state index contributed by atoms with van der Waals surface area (Å²) in [5.41, 5.74) is 0.250. The molecule has 0 bridgehead atoms. The molecular weight excluding hydrogens is 208 g/mol. The normalized spacial score (nSPS) is 10.4. The highest BCUT2D eigenvalue weighted by Crippen LogP contribution is 2.20. The van der Waals surface area contributed by atoms with Gasteiger partial charge in [0.1, 0.15) is 7.11 Å². The Bertz CT molecular complexity index is 379. The van der Waals surface area contributed by atoms with Gasteiger partial charge in [0.25, 0.3) is 5.69 Å². The average Bonchev–Trinajstić information content (AvgIpc) is 2.14. The number of hydrogen-bond donors (Lipinski definition) is 0. The third-order valence-electron chi connectivity index (χ3n) is 1.48. The molecule has 0 saturated carbocycles. The predicted octanol–water partition coefficient (Wildman–Crippen LogP) is 2.23. The van der Waals surface area contributed by atoms with Crippen molar-refractivity contribution < 1.29 is 9.76 Å². The maximum absolute atomic E-state index is 10.6. The van der Waals surface area contributed by atoms with Gasteiger partial charge in [-0.15, -0.1) is 0 Å². The molecule has 14 heavy (non-hydrogen) atoms. The lowest BCUT2D eigenvalue weighted by Gasteiger charge is -1.96. The highest BCUT2D eigenvalue weighted by Gasteiger charge is 2.11. The molecule has 0 radical (unpaired) electrons. The van der Waals surface area contributed by atoms with Crippen LogP contribution >= 0.6 is 11.6 Å². The summed E-state index contributed by atoms with van der Waals surface area (Å²) in [5.74, 6) is 0. The number of benzene rings is 1. The summed E-state index contributed by atoms with van der Waals surface area (Å²) in [7, 11) is 1.35. The molecule has 1 rings (SSSR count). The predicted molar refractivity (Wildman–Crippen MR) is 52.7 cm³/mol. The molecular formula is C8H7ClN2O3. The Labute approximate surface area is 85.1 Å². The Morgan fingerprint density at radius 1 is 1.64 bits per heavy atom. The monoisotopic (exact) mass is 214 g/mol. The second-order valence-corrected chi connectivity index (χ2v) is 2.81. The van der Waals surface area contributed by atoms with E-state index >= 15 is 0 Å². The Hall–Kier alpha value is -1.62. The fourth-order valence-electron chi connectivity index (χ4n) is 0.905. The minimum Gasteiger partial charge on any atom is -0.399 e. The van der Waals surface area contributed by atoms with Gasteiger partial charge in [-0.1, -0.05) is 16.8 Å². The third-order valence-corrected chi connectivity index (χ3v) is 1.72. The van der Waals surface area contributed by atoms with Gasteiger partial charge in [0.15, 0.2) is 0 Å². The zero-order chi connectivity index (χ0) is 10.6. The Balaban J connectivity index is 3.15. The van der Waals surface area contributed by atoms with E-state index in [1.807, 2.05) is 0 Å². The van der Waals surface area contributed by atoms with E-state index in [0.717, 1.165) is 0 Å². The molecule has 0 aliphatic heterocycles. The van der Waals surface area contributed by atoms with E-state index in [-0.39, 0.29) is 5.69 Å². The molecule has 0 fully saturated rings. The van der Waals surface area contributed by atoms with E-state index in [4.69, 9.17) is 11.6 Å². The van der Waals surface area contributed by atoms with E-state index in [1.54, 1.807) is 0 Å². The van der Waals surface area contributed by atoms with Gasteiger partial charge < -0.3 is 4.84 Å². The minimum atomic E-state index is -0.507. The molecule has 0 aliphatic rings. The van der Waals surface area contributed by atoms with Crippen LogP contribution in [0.3, 0.4) is 0 Å². The molecule has 0 unspecified atom stereocenters. The first-order chi connectivity index (χ1) is 6.65. The van der Waals surface area contributed by atoms with Gasteiger partial charge in [-0.25, -0.2) is 0 Å². The van der Waals surface area contributed by atoms with Gasteiger partial charge in [-0.05, 0) is 12.1 Å². The SMILES string of the molecule is CO/N=C/c1cc(Cl)ccc1[N+](=O)[O-]. The van der Waals surface area contributed by atoms with Crippen molar-refractivity contribution in [2.45, 2.75) is 0 Å². The number of nitrogens with zero attached hydrogens (tertiary/aromatic N) is 2. The first-order valence-corrected chi connectivity index (χ1v) is 4.03. The Morgan fingerprint density at radius 3 is 2.93 bits per heavy atom. The summed E-state index contributed by atoms with van der Waals surface area (Å²) in [5, 5.41) is 14.4. The van der Waals surface area contributed by atoms with Gasteiger partial charge >= 0.3 is 0 Å². The van der Waals surface area contributed by atoms with Gasteiger partial charge in [0.05, 0.1) is 16.7 Å². The van der Waals surface area contributed by atoms with E-state index in [9.17, 15) is 10.1 Å². The van der Waals surface area contributed by atoms with Crippen molar-refractivity contribution in [1.82, 2.24) is 0 Å². The highest BCUT2D eigenvalue weighted by molar-refractivity contribution is 6.31. The minimum absolute atomic E-state index is 0.0600. The molecule has 6 heteroatoms. The lowest BCUT2D eigenvalue weighted by Crippen LogP contribution is -1.94. The topological polar surface area (TPSA) is 64.7 Å². The van der Waals surface area contributed by atoms with Crippen LogP contribution in [0.15, 0.2) is 23.4 Å². The Kier molecular flexibility index (Phi) is 3.41. The summed E-state index contributed by atoms with van der Waals surface area (Å²) >= 11 is 5.68. The molecule has 0 spiro atoms. The molecule has 0 aliphatic carbocycles. The van der Waals surface area contributed by atoms with Crippen LogP contribution in [-0.4, -0.2) is 18.2 Å². The first-order valence-electron chi connectivity index (χ1n) is 3.65. The number of rotatable bonds is 3. The molecule has 0 N–H and O–H groups in total. The number of nitro benzene ring substituents is 1. The number of halogens is 1. The second kappa shape index (κ2) is 4.57. The van der Waals surface area contributed by atoms with E-state index in [0.29, 0.717) is 10.6 Å². The van der Waals surface area contributed by atoms with Crippen molar-refractivity contribution in [2.75, 3.05) is 7.11 Å². The smallest absolute Gasteiger partial charge is 0.278 e. The fourth-order valence-corrected chi connectivity index (χ4v) is 1.09. The molecule has 0 atom stereocenters. The van der Waals surface area contributed by atoms with E-state index in [1.165, 1.54) is 31.5 Å². The van der Waals surface area contributed by atoms with Crippen molar-refractivity contribution in [1.29, 1.82) is 0 Å². The van der Waals surface area contributed by atoms with Gasteiger partial charge in [-0.2, -0.15) is 0 Å². The summed E-state index contributed by atoms with van der Waals surface area (Å²) in [6.07, 6.45) is 1.24. The highest BCUT2D eigenvalue weighted by atomic mass is 35.5. The van der Waals surface area contributed by atoms with Crippen LogP contribution in [0.25, 0.3) is 0 Å². The van der Waals surface area contributed by atoms with Gasteiger partial charge in [-0.3, -0.25) is 10.1 Å². The summed E-state index contributed by atoms with van der Waals surface area (Å²) in [6.45, 7) is 0.